The Bertz CT molecular complexity index is 1200. The minimum Gasteiger partial charge on any atom is -0.496 e. The smallest absolute Gasteiger partial charge is 0.335 e. The first kappa shape index (κ1) is 23.1. The number of esters is 1. The highest BCUT2D eigenvalue weighted by Crippen LogP contribution is 2.28. The van der Waals surface area contributed by atoms with Gasteiger partial charge in [-0.25, -0.2) is 9.59 Å². The van der Waals surface area contributed by atoms with E-state index in [0.29, 0.717) is 17.7 Å². The van der Waals surface area contributed by atoms with Gasteiger partial charge in [0.25, 0.3) is 0 Å². The molecule has 3 rings (SSSR count). The number of rotatable bonds is 6. The van der Waals surface area contributed by atoms with E-state index in [1.165, 1.54) is 7.11 Å². The molecular weight excluding hydrogens is 404 g/mol. The van der Waals surface area contributed by atoms with Crippen LogP contribution in [-0.2, 0) is 16.0 Å². The molecule has 1 N–H and O–H groups in total. The molecule has 0 saturated carbocycles. The molecule has 0 spiro atoms. The Labute approximate surface area is 188 Å². The van der Waals surface area contributed by atoms with Crippen LogP contribution in [-0.4, -0.2) is 29.8 Å². The number of methoxy groups -OCH3 is 1. The van der Waals surface area contributed by atoms with Gasteiger partial charge in [-0.3, -0.25) is 0 Å². The van der Waals surface area contributed by atoms with Crippen LogP contribution in [0.15, 0.2) is 60.2 Å². The van der Waals surface area contributed by atoms with E-state index >= 15 is 0 Å². The van der Waals surface area contributed by atoms with Crippen LogP contribution < -0.4 is 4.74 Å². The van der Waals surface area contributed by atoms with Crippen molar-refractivity contribution in [1.29, 1.82) is 0 Å². The largest absolute Gasteiger partial charge is 0.496 e. The number of hydrogen-bond acceptors (Lipinski definition) is 4. The van der Waals surface area contributed by atoms with Gasteiger partial charge in [-0.2, -0.15) is 0 Å². The van der Waals surface area contributed by atoms with Crippen molar-refractivity contribution < 1.29 is 24.2 Å². The number of carbonyl (C=O) groups excluding carboxylic acids is 1. The molecule has 0 saturated heterocycles. The van der Waals surface area contributed by atoms with Crippen LogP contribution in [0.4, 0.5) is 0 Å². The van der Waals surface area contributed by atoms with Gasteiger partial charge >= 0.3 is 11.9 Å². The van der Waals surface area contributed by atoms with Crippen molar-refractivity contribution in [1.82, 2.24) is 0 Å². The lowest BCUT2D eigenvalue weighted by Gasteiger charge is -2.19. The molecule has 0 aliphatic carbocycles. The summed E-state index contributed by atoms with van der Waals surface area (Å²) in [4.78, 5) is 23.6. The fraction of sp³-hybridized carbons (Fsp3) is 0.259. The Kier molecular flexibility index (Phi) is 6.68. The normalized spacial score (nSPS) is 12.0. The summed E-state index contributed by atoms with van der Waals surface area (Å²) in [5.41, 5.74) is 3.06. The minimum atomic E-state index is -0.989. The number of aromatic carboxylic acids is 1. The Morgan fingerprint density at radius 2 is 1.75 bits per heavy atom. The number of carboxylic acids is 1. The predicted octanol–water partition coefficient (Wildman–Crippen LogP) is 5.88. The molecule has 0 heterocycles. The molecule has 5 heteroatoms. The van der Waals surface area contributed by atoms with Crippen LogP contribution in [0.3, 0.4) is 0 Å². The molecule has 3 aromatic carbocycles. The van der Waals surface area contributed by atoms with Crippen molar-refractivity contribution in [3.05, 3.63) is 82.4 Å². The van der Waals surface area contributed by atoms with E-state index in [-0.39, 0.29) is 11.5 Å². The molecule has 0 aromatic heterocycles. The van der Waals surface area contributed by atoms with Gasteiger partial charge in [0.2, 0.25) is 0 Å². The van der Waals surface area contributed by atoms with Crippen molar-refractivity contribution in [3.8, 4) is 5.75 Å². The molecule has 166 valence electrons. The van der Waals surface area contributed by atoms with Gasteiger partial charge in [-0.15, -0.1) is 0 Å². The van der Waals surface area contributed by atoms with Crippen LogP contribution in [0.2, 0.25) is 0 Å². The van der Waals surface area contributed by atoms with E-state index in [4.69, 9.17) is 9.47 Å². The van der Waals surface area contributed by atoms with Crippen molar-refractivity contribution in [2.24, 2.45) is 0 Å². The second-order valence-electron chi connectivity index (χ2n) is 8.74. The highest BCUT2D eigenvalue weighted by Gasteiger charge is 2.17. The van der Waals surface area contributed by atoms with Crippen LogP contribution >= 0.6 is 0 Å². The number of ether oxygens (including phenoxy) is 2. The highest BCUT2D eigenvalue weighted by molar-refractivity contribution is 5.95. The van der Waals surface area contributed by atoms with Crippen molar-refractivity contribution >= 4 is 28.8 Å². The van der Waals surface area contributed by atoms with Gasteiger partial charge in [-0.1, -0.05) is 36.4 Å². The quantitative estimate of drug-likeness (QED) is 0.389. The first-order valence-electron chi connectivity index (χ1n) is 10.4. The number of benzene rings is 3. The number of fused-ring (bicyclic) bond motifs is 1. The maximum Gasteiger partial charge on any atom is 0.335 e. The Hall–Kier alpha value is -3.60. The van der Waals surface area contributed by atoms with E-state index in [1.807, 2.05) is 57.2 Å². The summed E-state index contributed by atoms with van der Waals surface area (Å²) in [6.45, 7) is 7.28. The molecular formula is C27H28O5. The van der Waals surface area contributed by atoms with E-state index in [1.54, 1.807) is 25.1 Å². The molecule has 0 aliphatic heterocycles. The fourth-order valence-corrected chi connectivity index (χ4v) is 3.50. The summed E-state index contributed by atoms with van der Waals surface area (Å²) in [6, 6.07) is 17.1. The Balaban J connectivity index is 1.97. The molecule has 0 aliphatic rings. The molecule has 0 atom stereocenters. The third kappa shape index (κ3) is 5.55. The standard InChI is InChI=1S/C27H28O5/c1-17(26(30)32-27(2,3)4)13-18-9-10-19-7-6-8-20(23(19)14-18)15-21-11-12-22(25(28)29)16-24(21)31-5/h6-14,16H,15H2,1-5H3,(H,28,29). The van der Waals surface area contributed by atoms with Gasteiger partial charge in [-0.05, 0) is 79.4 Å². The average molecular weight is 433 g/mol. The average Bonchev–Trinajstić information content (AvgIpc) is 2.73. The van der Waals surface area contributed by atoms with Crippen molar-refractivity contribution in [2.75, 3.05) is 7.11 Å². The third-order valence-electron chi connectivity index (χ3n) is 5.02. The molecule has 0 unspecified atom stereocenters. The highest BCUT2D eigenvalue weighted by atomic mass is 16.6. The maximum absolute atomic E-state index is 12.3. The van der Waals surface area contributed by atoms with E-state index in [9.17, 15) is 14.7 Å². The van der Waals surface area contributed by atoms with Crippen LogP contribution in [0.5, 0.6) is 5.75 Å². The first-order valence-corrected chi connectivity index (χ1v) is 10.4. The second-order valence-corrected chi connectivity index (χ2v) is 8.74. The van der Waals surface area contributed by atoms with Crippen LogP contribution in [0.25, 0.3) is 16.8 Å². The SMILES string of the molecule is COc1cc(C(=O)O)ccc1Cc1cccc2ccc(C=C(C)C(=O)OC(C)(C)C)cc12. The summed E-state index contributed by atoms with van der Waals surface area (Å²) >= 11 is 0. The van der Waals surface area contributed by atoms with E-state index in [2.05, 4.69) is 6.07 Å². The topological polar surface area (TPSA) is 72.8 Å². The van der Waals surface area contributed by atoms with Gasteiger partial charge in [0.05, 0.1) is 12.7 Å². The zero-order valence-corrected chi connectivity index (χ0v) is 19.1. The summed E-state index contributed by atoms with van der Waals surface area (Å²) in [7, 11) is 1.54. The van der Waals surface area contributed by atoms with Crippen molar-refractivity contribution in [3.63, 3.8) is 0 Å². The molecule has 0 fully saturated rings. The molecule has 5 nitrogen and oxygen atoms in total. The summed E-state index contributed by atoms with van der Waals surface area (Å²) < 4.78 is 10.9. The fourth-order valence-electron chi connectivity index (χ4n) is 3.50. The molecule has 0 amide bonds. The maximum atomic E-state index is 12.3. The molecule has 0 bridgehead atoms. The minimum absolute atomic E-state index is 0.188. The first-order chi connectivity index (χ1) is 15.1. The monoisotopic (exact) mass is 432 g/mol. The lowest BCUT2D eigenvalue weighted by Crippen LogP contribution is -2.24. The predicted molar refractivity (Wildman–Crippen MR) is 126 cm³/mol. The van der Waals surface area contributed by atoms with Crippen molar-refractivity contribution in [2.45, 2.75) is 39.7 Å². The van der Waals surface area contributed by atoms with Gasteiger partial charge in [0.1, 0.15) is 11.4 Å². The van der Waals surface area contributed by atoms with E-state index < -0.39 is 11.6 Å². The number of carboxylic acid groups (broad SMARTS) is 1. The van der Waals surface area contributed by atoms with Crippen LogP contribution in [0, 0.1) is 0 Å². The number of hydrogen-bond donors (Lipinski definition) is 1. The third-order valence-corrected chi connectivity index (χ3v) is 5.02. The molecule has 3 aromatic rings. The number of carbonyl (C=O) groups is 2. The van der Waals surface area contributed by atoms with Gasteiger partial charge in [0.15, 0.2) is 0 Å². The van der Waals surface area contributed by atoms with Gasteiger partial charge in [0, 0.05) is 12.0 Å². The second kappa shape index (κ2) is 9.27. The molecule has 0 radical (unpaired) electrons. The summed E-state index contributed by atoms with van der Waals surface area (Å²) in [6.07, 6.45) is 2.41. The van der Waals surface area contributed by atoms with E-state index in [0.717, 1.165) is 27.5 Å². The van der Waals surface area contributed by atoms with Crippen LogP contribution in [0.1, 0.15) is 54.7 Å². The lowest BCUT2D eigenvalue weighted by atomic mass is 9.95. The zero-order valence-electron chi connectivity index (χ0n) is 19.1. The zero-order chi connectivity index (χ0) is 23.5. The van der Waals surface area contributed by atoms with Gasteiger partial charge < -0.3 is 14.6 Å². The lowest BCUT2D eigenvalue weighted by molar-refractivity contribution is -0.149. The summed E-state index contributed by atoms with van der Waals surface area (Å²) in [5.74, 6) is -0.787. The molecule has 32 heavy (non-hydrogen) atoms. The Morgan fingerprint density at radius 1 is 1.00 bits per heavy atom. The Morgan fingerprint density at radius 3 is 2.41 bits per heavy atom. The summed E-state index contributed by atoms with van der Waals surface area (Å²) in [5, 5.41) is 11.4.